The molecule has 0 fully saturated rings. The maximum absolute atomic E-state index is 10.7. The summed E-state index contributed by atoms with van der Waals surface area (Å²) in [5.41, 5.74) is 0. The average Bonchev–Trinajstić information content (AvgIpc) is 2.50. The molecule has 126 valence electrons. The maximum atomic E-state index is 10.7. The quantitative estimate of drug-likeness (QED) is 0.404. The lowest BCUT2D eigenvalue weighted by Gasteiger charge is -2.07. The molecular formula is C13H27NO7. The van der Waals surface area contributed by atoms with Crippen molar-refractivity contribution in [2.24, 2.45) is 0 Å². The second-order valence-corrected chi connectivity index (χ2v) is 3.95. The summed E-state index contributed by atoms with van der Waals surface area (Å²) in [5.74, 6) is 0. The van der Waals surface area contributed by atoms with E-state index in [-0.39, 0.29) is 6.61 Å². The summed E-state index contributed by atoms with van der Waals surface area (Å²) in [4.78, 5) is 10.7. The van der Waals surface area contributed by atoms with Gasteiger partial charge in [-0.1, -0.05) is 0 Å². The molecule has 0 unspecified atom stereocenters. The van der Waals surface area contributed by atoms with Crippen LogP contribution in [0.15, 0.2) is 0 Å². The number of carbonyl (C=O) groups is 1. The number of aliphatic hydroxyl groups is 1. The molecule has 0 aromatic carbocycles. The highest BCUT2D eigenvalue weighted by Gasteiger charge is 1.96. The summed E-state index contributed by atoms with van der Waals surface area (Å²) >= 11 is 0. The van der Waals surface area contributed by atoms with Crippen molar-refractivity contribution in [3.8, 4) is 0 Å². The summed E-state index contributed by atoms with van der Waals surface area (Å²) in [6, 6.07) is 0. The molecule has 0 aliphatic heterocycles. The monoisotopic (exact) mass is 309 g/mol. The van der Waals surface area contributed by atoms with Crippen LogP contribution in [0.3, 0.4) is 0 Å². The number of methoxy groups -OCH3 is 1. The van der Waals surface area contributed by atoms with Gasteiger partial charge in [0.2, 0.25) is 0 Å². The Kier molecular flexibility index (Phi) is 16.4. The van der Waals surface area contributed by atoms with Gasteiger partial charge in [-0.2, -0.15) is 0 Å². The third-order valence-corrected chi connectivity index (χ3v) is 2.26. The largest absolute Gasteiger partial charge is 0.453 e. The Morgan fingerprint density at radius 2 is 1.33 bits per heavy atom. The first-order valence-electron chi connectivity index (χ1n) is 7.05. The second kappa shape index (κ2) is 17.1. The van der Waals surface area contributed by atoms with Crippen LogP contribution in [0.25, 0.3) is 0 Å². The molecule has 0 saturated carbocycles. The molecule has 8 nitrogen and oxygen atoms in total. The molecule has 0 rings (SSSR count). The Morgan fingerprint density at radius 3 is 1.81 bits per heavy atom. The number of hydrogen-bond acceptors (Lipinski definition) is 7. The molecule has 0 spiro atoms. The second-order valence-electron chi connectivity index (χ2n) is 3.95. The number of aliphatic hydroxyl groups excluding tert-OH is 1. The predicted molar refractivity (Wildman–Crippen MR) is 75.4 cm³/mol. The van der Waals surface area contributed by atoms with Crippen LogP contribution in [0.4, 0.5) is 4.79 Å². The molecule has 0 aliphatic rings. The van der Waals surface area contributed by atoms with Gasteiger partial charge in [-0.25, -0.2) is 4.79 Å². The first-order valence-corrected chi connectivity index (χ1v) is 7.05. The van der Waals surface area contributed by atoms with Crippen molar-refractivity contribution >= 4 is 6.09 Å². The molecule has 21 heavy (non-hydrogen) atoms. The molecular weight excluding hydrogens is 282 g/mol. The molecule has 1 amide bonds. The lowest BCUT2D eigenvalue weighted by Crippen LogP contribution is -2.27. The Bertz CT molecular complexity index is 229. The van der Waals surface area contributed by atoms with E-state index in [2.05, 4.69) is 10.1 Å². The van der Waals surface area contributed by atoms with Crippen LogP contribution in [0, 0.1) is 0 Å². The molecule has 0 aliphatic carbocycles. The van der Waals surface area contributed by atoms with Gasteiger partial charge in [-0.05, 0) is 6.42 Å². The van der Waals surface area contributed by atoms with Crippen LogP contribution in [0.5, 0.6) is 0 Å². The Morgan fingerprint density at radius 1 is 0.857 bits per heavy atom. The van der Waals surface area contributed by atoms with Crippen LogP contribution in [0.1, 0.15) is 6.42 Å². The number of nitrogens with one attached hydrogen (secondary N) is 1. The van der Waals surface area contributed by atoms with E-state index in [0.29, 0.717) is 65.8 Å². The fourth-order valence-electron chi connectivity index (χ4n) is 1.23. The van der Waals surface area contributed by atoms with E-state index in [1.807, 2.05) is 0 Å². The van der Waals surface area contributed by atoms with Gasteiger partial charge in [0.05, 0.1) is 53.4 Å². The number of hydrogen-bond donors (Lipinski definition) is 2. The minimum Gasteiger partial charge on any atom is -0.453 e. The fraction of sp³-hybridized carbons (Fsp3) is 0.923. The Balaban J connectivity index is 2.98. The van der Waals surface area contributed by atoms with E-state index in [1.54, 1.807) is 0 Å². The van der Waals surface area contributed by atoms with E-state index >= 15 is 0 Å². The van der Waals surface area contributed by atoms with Crippen LogP contribution >= 0.6 is 0 Å². The molecule has 0 bridgehead atoms. The fourth-order valence-corrected chi connectivity index (χ4v) is 1.23. The Hall–Kier alpha value is -0.930. The highest BCUT2D eigenvalue weighted by Crippen LogP contribution is 1.84. The number of carbonyl (C=O) groups excluding carboxylic acids is 1. The topological polar surface area (TPSA) is 95.5 Å². The SMILES string of the molecule is COC(=O)NCCOCCOCCOCCOCCCO. The van der Waals surface area contributed by atoms with Crippen LogP contribution < -0.4 is 5.32 Å². The molecule has 0 saturated heterocycles. The average molecular weight is 309 g/mol. The Labute approximate surface area is 125 Å². The van der Waals surface area contributed by atoms with E-state index in [1.165, 1.54) is 7.11 Å². The zero-order valence-corrected chi connectivity index (χ0v) is 12.7. The smallest absolute Gasteiger partial charge is 0.406 e. The van der Waals surface area contributed by atoms with Crippen molar-refractivity contribution < 1.29 is 33.6 Å². The number of rotatable bonds is 15. The lowest BCUT2D eigenvalue weighted by molar-refractivity contribution is -0.00256. The minimum absolute atomic E-state index is 0.148. The molecule has 0 radical (unpaired) electrons. The van der Waals surface area contributed by atoms with Crippen molar-refractivity contribution in [1.82, 2.24) is 5.32 Å². The maximum Gasteiger partial charge on any atom is 0.406 e. The summed E-state index contributed by atoms with van der Waals surface area (Å²) in [7, 11) is 1.31. The van der Waals surface area contributed by atoms with Gasteiger partial charge >= 0.3 is 6.09 Å². The highest BCUT2D eigenvalue weighted by molar-refractivity contribution is 5.66. The molecule has 2 N–H and O–H groups in total. The summed E-state index contributed by atoms with van der Waals surface area (Å²) in [6.45, 7) is 4.52. The number of alkyl carbamates (subject to hydrolysis) is 1. The number of amides is 1. The lowest BCUT2D eigenvalue weighted by atomic mass is 10.5. The van der Waals surface area contributed by atoms with Gasteiger partial charge in [0.15, 0.2) is 0 Å². The summed E-state index contributed by atoms with van der Waals surface area (Å²) < 4.78 is 25.4. The van der Waals surface area contributed by atoms with Crippen LogP contribution in [0.2, 0.25) is 0 Å². The van der Waals surface area contributed by atoms with E-state index in [4.69, 9.17) is 24.1 Å². The minimum atomic E-state index is -0.465. The zero-order chi connectivity index (χ0) is 15.6. The first-order chi connectivity index (χ1) is 10.3. The van der Waals surface area contributed by atoms with Crippen molar-refractivity contribution in [2.75, 3.05) is 73.1 Å². The standard InChI is InChI=1S/C13H27NO7/c1-17-13(16)14-3-6-19-8-10-21-12-11-20-9-7-18-5-2-4-15/h15H,2-12H2,1H3,(H,14,16). The molecule has 0 aromatic rings. The summed E-state index contributed by atoms with van der Waals surface area (Å²) in [5, 5.41) is 11.0. The molecule has 0 atom stereocenters. The predicted octanol–water partition coefficient (Wildman–Crippen LogP) is -0.209. The van der Waals surface area contributed by atoms with Gasteiger partial charge in [0.1, 0.15) is 0 Å². The van der Waals surface area contributed by atoms with Gasteiger partial charge in [0, 0.05) is 19.8 Å². The number of ether oxygens (including phenoxy) is 5. The zero-order valence-electron chi connectivity index (χ0n) is 12.7. The molecule has 8 heteroatoms. The third-order valence-electron chi connectivity index (χ3n) is 2.26. The normalized spacial score (nSPS) is 10.6. The van der Waals surface area contributed by atoms with Crippen LogP contribution in [-0.4, -0.2) is 84.3 Å². The third kappa shape index (κ3) is 17.0. The van der Waals surface area contributed by atoms with Crippen molar-refractivity contribution in [2.45, 2.75) is 6.42 Å². The highest BCUT2D eigenvalue weighted by atomic mass is 16.6. The van der Waals surface area contributed by atoms with Crippen molar-refractivity contribution in [3.63, 3.8) is 0 Å². The summed E-state index contributed by atoms with van der Waals surface area (Å²) in [6.07, 6.45) is 0.186. The van der Waals surface area contributed by atoms with Gasteiger partial charge in [-0.3, -0.25) is 0 Å². The van der Waals surface area contributed by atoms with Gasteiger partial charge in [0.25, 0.3) is 0 Å². The van der Waals surface area contributed by atoms with Crippen molar-refractivity contribution in [3.05, 3.63) is 0 Å². The van der Waals surface area contributed by atoms with E-state index < -0.39 is 6.09 Å². The van der Waals surface area contributed by atoms with Gasteiger partial charge in [-0.15, -0.1) is 0 Å². The first kappa shape index (κ1) is 20.1. The van der Waals surface area contributed by atoms with Crippen molar-refractivity contribution in [1.29, 1.82) is 0 Å². The van der Waals surface area contributed by atoms with Crippen LogP contribution in [-0.2, 0) is 23.7 Å². The van der Waals surface area contributed by atoms with E-state index in [9.17, 15) is 4.79 Å². The molecule has 0 heterocycles. The van der Waals surface area contributed by atoms with Gasteiger partial charge < -0.3 is 34.1 Å². The molecule has 0 aromatic heterocycles. The van der Waals surface area contributed by atoms with E-state index in [0.717, 1.165) is 0 Å².